The van der Waals surface area contributed by atoms with Crippen LogP contribution in [0.3, 0.4) is 0 Å². The van der Waals surface area contributed by atoms with E-state index >= 15 is 0 Å². The number of nitrogens with one attached hydrogen (secondary N) is 1. The molecule has 202 valence electrons. The van der Waals surface area contributed by atoms with Crippen molar-refractivity contribution < 1.29 is 13.2 Å². The Labute approximate surface area is 237 Å². The Balaban J connectivity index is 1.28. The van der Waals surface area contributed by atoms with Gasteiger partial charge in [-0.1, -0.05) is 65.9 Å². The fourth-order valence-electron chi connectivity index (χ4n) is 4.09. The van der Waals surface area contributed by atoms with Crippen LogP contribution in [0.2, 0.25) is 0 Å². The van der Waals surface area contributed by atoms with Gasteiger partial charge in [0.1, 0.15) is 0 Å². The standard InChI is InChI=1S/C30H27N5O3S2/c1-22-13-19-27(20-14-22)40(37,38)33-24-17-15-23(16-18-24)29-31-32-30(34(29)2)39-21-28(36)35(25-9-5-3-6-10-25)26-11-7-4-8-12-26/h3-20,33H,21H2,1-2H3. The summed E-state index contributed by atoms with van der Waals surface area (Å²) in [4.78, 5) is 15.3. The van der Waals surface area contributed by atoms with Crippen molar-refractivity contribution >= 4 is 44.8 Å². The number of aryl methyl sites for hydroxylation is 1. The van der Waals surface area contributed by atoms with E-state index in [1.165, 1.54) is 11.8 Å². The average molecular weight is 570 g/mol. The number of amides is 1. The summed E-state index contributed by atoms with van der Waals surface area (Å²) >= 11 is 1.30. The van der Waals surface area contributed by atoms with E-state index in [9.17, 15) is 13.2 Å². The monoisotopic (exact) mass is 569 g/mol. The van der Waals surface area contributed by atoms with Crippen LogP contribution in [0, 0.1) is 6.92 Å². The molecule has 0 bridgehead atoms. The van der Waals surface area contributed by atoms with E-state index in [4.69, 9.17) is 0 Å². The quantitative estimate of drug-likeness (QED) is 0.217. The summed E-state index contributed by atoms with van der Waals surface area (Å²) in [5.41, 5.74) is 3.76. The minimum Gasteiger partial charge on any atom is -0.305 e. The Morgan fingerprint density at radius 3 is 1.98 bits per heavy atom. The molecule has 40 heavy (non-hydrogen) atoms. The zero-order chi connectivity index (χ0) is 28.1. The van der Waals surface area contributed by atoms with Gasteiger partial charge >= 0.3 is 0 Å². The summed E-state index contributed by atoms with van der Waals surface area (Å²) < 4.78 is 29.8. The molecule has 0 aliphatic rings. The normalized spacial score (nSPS) is 11.2. The predicted octanol–water partition coefficient (Wildman–Crippen LogP) is 6.05. The molecule has 5 rings (SSSR count). The van der Waals surface area contributed by atoms with Gasteiger partial charge in [0.2, 0.25) is 5.91 Å². The first-order valence-corrected chi connectivity index (χ1v) is 14.9. The van der Waals surface area contributed by atoms with Crippen molar-refractivity contribution in [2.24, 2.45) is 7.05 Å². The maximum absolute atomic E-state index is 13.4. The molecule has 1 heterocycles. The highest BCUT2D eigenvalue weighted by molar-refractivity contribution is 7.99. The lowest BCUT2D eigenvalue weighted by Crippen LogP contribution is -2.27. The van der Waals surface area contributed by atoms with Crippen LogP contribution in [0.4, 0.5) is 17.1 Å². The van der Waals surface area contributed by atoms with Gasteiger partial charge in [0.05, 0.1) is 10.6 Å². The second-order valence-electron chi connectivity index (χ2n) is 9.05. The van der Waals surface area contributed by atoms with E-state index in [0.29, 0.717) is 16.7 Å². The molecule has 1 N–H and O–H groups in total. The van der Waals surface area contributed by atoms with E-state index in [-0.39, 0.29) is 16.6 Å². The minimum absolute atomic E-state index is 0.0860. The van der Waals surface area contributed by atoms with Crippen molar-refractivity contribution in [3.8, 4) is 11.4 Å². The second kappa shape index (κ2) is 11.8. The first kappa shape index (κ1) is 27.2. The SMILES string of the molecule is Cc1ccc(S(=O)(=O)Nc2ccc(-c3nnc(SCC(=O)N(c4ccccc4)c4ccccc4)n3C)cc2)cc1. The molecular weight excluding hydrogens is 542 g/mol. The Morgan fingerprint density at radius 1 is 0.825 bits per heavy atom. The largest absolute Gasteiger partial charge is 0.305 e. The smallest absolute Gasteiger partial charge is 0.261 e. The third-order valence-corrected chi connectivity index (χ3v) is 8.57. The fraction of sp³-hybridized carbons (Fsp3) is 0.100. The Bertz CT molecular complexity index is 1670. The summed E-state index contributed by atoms with van der Waals surface area (Å²) in [6, 6.07) is 32.7. The summed E-state index contributed by atoms with van der Waals surface area (Å²) in [6.45, 7) is 1.90. The Morgan fingerprint density at radius 2 is 1.40 bits per heavy atom. The van der Waals surface area contributed by atoms with Crippen LogP contribution in [0.1, 0.15) is 5.56 Å². The number of nitrogens with zero attached hydrogens (tertiary/aromatic N) is 4. The van der Waals surface area contributed by atoms with Crippen molar-refractivity contribution in [1.29, 1.82) is 0 Å². The van der Waals surface area contributed by atoms with Crippen LogP contribution < -0.4 is 9.62 Å². The molecule has 1 aromatic heterocycles. The molecule has 0 spiro atoms. The van der Waals surface area contributed by atoms with Crippen molar-refractivity contribution in [3.05, 3.63) is 115 Å². The van der Waals surface area contributed by atoms with Gasteiger partial charge in [0, 0.05) is 29.7 Å². The first-order chi connectivity index (χ1) is 19.3. The van der Waals surface area contributed by atoms with Gasteiger partial charge in [-0.2, -0.15) is 0 Å². The molecule has 0 atom stereocenters. The topological polar surface area (TPSA) is 97.2 Å². The molecule has 0 unspecified atom stereocenters. The molecule has 0 fully saturated rings. The molecule has 5 aromatic rings. The molecule has 0 saturated carbocycles. The van der Waals surface area contributed by atoms with Crippen molar-refractivity contribution in [1.82, 2.24) is 14.8 Å². The number of para-hydroxylation sites is 2. The van der Waals surface area contributed by atoms with Gasteiger partial charge in [-0.3, -0.25) is 14.4 Å². The number of aromatic nitrogens is 3. The van der Waals surface area contributed by atoms with Gasteiger partial charge in [-0.05, 0) is 67.6 Å². The van der Waals surface area contributed by atoms with Crippen molar-refractivity contribution in [3.63, 3.8) is 0 Å². The Hall–Kier alpha value is -4.41. The molecule has 10 heteroatoms. The number of rotatable bonds is 9. The summed E-state index contributed by atoms with van der Waals surface area (Å²) in [7, 11) is -1.86. The lowest BCUT2D eigenvalue weighted by molar-refractivity contribution is -0.115. The maximum Gasteiger partial charge on any atom is 0.261 e. The van der Waals surface area contributed by atoms with Crippen LogP contribution in [0.25, 0.3) is 11.4 Å². The van der Waals surface area contributed by atoms with Crippen molar-refractivity contribution in [2.75, 3.05) is 15.4 Å². The number of carbonyl (C=O) groups excluding carboxylic acids is 1. The van der Waals surface area contributed by atoms with Crippen LogP contribution in [0.5, 0.6) is 0 Å². The summed E-state index contributed by atoms with van der Waals surface area (Å²) in [5.74, 6) is 0.679. The number of hydrogen-bond donors (Lipinski definition) is 1. The van der Waals surface area contributed by atoms with Crippen molar-refractivity contribution in [2.45, 2.75) is 17.0 Å². The molecule has 0 radical (unpaired) electrons. The lowest BCUT2D eigenvalue weighted by Gasteiger charge is -2.22. The lowest BCUT2D eigenvalue weighted by atomic mass is 10.2. The second-order valence-corrected chi connectivity index (χ2v) is 11.7. The molecule has 8 nitrogen and oxygen atoms in total. The van der Waals surface area contributed by atoms with Crippen LogP contribution in [-0.4, -0.2) is 34.8 Å². The van der Waals surface area contributed by atoms with Gasteiger partial charge in [0.25, 0.3) is 10.0 Å². The van der Waals surface area contributed by atoms with Gasteiger partial charge in [-0.25, -0.2) is 8.42 Å². The first-order valence-electron chi connectivity index (χ1n) is 12.5. The zero-order valence-corrected chi connectivity index (χ0v) is 23.6. The minimum atomic E-state index is -3.70. The van der Waals surface area contributed by atoms with E-state index in [1.54, 1.807) is 53.4 Å². The fourth-order valence-corrected chi connectivity index (χ4v) is 5.91. The molecular formula is C30H27N5O3S2. The highest BCUT2D eigenvalue weighted by atomic mass is 32.2. The van der Waals surface area contributed by atoms with Gasteiger partial charge < -0.3 is 4.57 Å². The highest BCUT2D eigenvalue weighted by Gasteiger charge is 2.20. The maximum atomic E-state index is 13.4. The number of benzene rings is 4. The molecule has 0 aliphatic carbocycles. The van der Waals surface area contributed by atoms with Crippen LogP contribution in [-0.2, 0) is 21.9 Å². The zero-order valence-electron chi connectivity index (χ0n) is 21.9. The number of carbonyl (C=O) groups is 1. The summed E-state index contributed by atoms with van der Waals surface area (Å²) in [6.07, 6.45) is 0. The summed E-state index contributed by atoms with van der Waals surface area (Å²) in [5, 5.41) is 9.20. The third-order valence-electron chi connectivity index (χ3n) is 6.16. The van der Waals surface area contributed by atoms with Crippen LogP contribution in [0.15, 0.2) is 119 Å². The number of anilines is 3. The number of sulfonamides is 1. The average Bonchev–Trinajstić information content (AvgIpc) is 3.33. The predicted molar refractivity (Wildman–Crippen MR) is 159 cm³/mol. The third kappa shape index (κ3) is 6.08. The van der Waals surface area contributed by atoms with E-state index in [1.807, 2.05) is 79.2 Å². The van der Waals surface area contributed by atoms with E-state index < -0.39 is 10.0 Å². The van der Waals surface area contributed by atoms with Gasteiger partial charge in [-0.15, -0.1) is 10.2 Å². The molecule has 0 saturated heterocycles. The van der Waals surface area contributed by atoms with E-state index in [0.717, 1.165) is 22.5 Å². The van der Waals surface area contributed by atoms with Crippen LogP contribution >= 0.6 is 11.8 Å². The number of thioether (sulfide) groups is 1. The number of hydrogen-bond acceptors (Lipinski definition) is 6. The highest BCUT2D eigenvalue weighted by Crippen LogP contribution is 2.29. The molecule has 1 amide bonds. The molecule has 4 aromatic carbocycles. The van der Waals surface area contributed by atoms with E-state index in [2.05, 4.69) is 14.9 Å². The Kier molecular flexibility index (Phi) is 7.99. The van der Waals surface area contributed by atoms with Gasteiger partial charge in [0.15, 0.2) is 11.0 Å². The molecule has 0 aliphatic heterocycles.